The standard InChI is InChI=1S/C19H21FN2O.C2HF3O2/c1-19(2,3)13-22-18(23)11-9-14-8-10-17(21-12-14)15-6-4-5-7-16(15)20;3-2(4,5)1(6)7/h4-12H,13H2,1-3H3,(H,22,23);(H,6,7). The fraction of sp³-hybridized carbons (Fsp3) is 0.286. The zero-order valence-electron chi connectivity index (χ0n) is 16.6. The molecule has 0 radical (unpaired) electrons. The molecule has 0 unspecified atom stereocenters. The highest BCUT2D eigenvalue weighted by Crippen LogP contribution is 2.20. The van der Waals surface area contributed by atoms with Crippen LogP contribution in [-0.4, -0.2) is 34.7 Å². The molecule has 1 amide bonds. The average Bonchev–Trinajstić information content (AvgIpc) is 2.65. The minimum Gasteiger partial charge on any atom is -0.475 e. The van der Waals surface area contributed by atoms with Gasteiger partial charge in [0.1, 0.15) is 5.82 Å². The molecule has 0 aliphatic heterocycles. The van der Waals surface area contributed by atoms with Gasteiger partial charge in [0.15, 0.2) is 0 Å². The Balaban J connectivity index is 0.000000553. The van der Waals surface area contributed by atoms with Gasteiger partial charge in [-0.3, -0.25) is 9.78 Å². The first-order valence-corrected chi connectivity index (χ1v) is 8.76. The van der Waals surface area contributed by atoms with Crippen molar-refractivity contribution in [3.8, 4) is 11.3 Å². The van der Waals surface area contributed by atoms with E-state index in [0.717, 1.165) is 5.56 Å². The van der Waals surface area contributed by atoms with Crippen LogP contribution in [-0.2, 0) is 9.59 Å². The molecule has 9 heteroatoms. The van der Waals surface area contributed by atoms with Crippen molar-refractivity contribution < 1.29 is 32.3 Å². The lowest BCUT2D eigenvalue weighted by Crippen LogP contribution is -2.30. The van der Waals surface area contributed by atoms with Gasteiger partial charge in [0.2, 0.25) is 5.91 Å². The Hall–Kier alpha value is -3.23. The van der Waals surface area contributed by atoms with Crippen molar-refractivity contribution in [2.45, 2.75) is 26.9 Å². The molecule has 0 atom stereocenters. The van der Waals surface area contributed by atoms with Crippen molar-refractivity contribution in [2.24, 2.45) is 5.41 Å². The minimum atomic E-state index is -5.08. The predicted octanol–water partition coefficient (Wildman–Crippen LogP) is 4.70. The Morgan fingerprint density at radius 1 is 1.10 bits per heavy atom. The second-order valence-corrected chi connectivity index (χ2v) is 7.37. The fourth-order valence-electron chi connectivity index (χ4n) is 1.92. The molecule has 0 spiro atoms. The van der Waals surface area contributed by atoms with E-state index in [0.29, 0.717) is 17.8 Å². The molecule has 0 fully saturated rings. The summed E-state index contributed by atoms with van der Waals surface area (Å²) in [6.45, 7) is 6.79. The second kappa shape index (κ2) is 10.5. The summed E-state index contributed by atoms with van der Waals surface area (Å²) < 4.78 is 45.4. The molecular weight excluding hydrogens is 404 g/mol. The molecule has 30 heavy (non-hydrogen) atoms. The van der Waals surface area contributed by atoms with E-state index in [2.05, 4.69) is 31.1 Å². The molecule has 0 bridgehead atoms. The zero-order chi connectivity index (χ0) is 22.9. The molecule has 0 saturated carbocycles. The quantitative estimate of drug-likeness (QED) is 0.549. The number of hydrogen-bond donors (Lipinski definition) is 2. The summed E-state index contributed by atoms with van der Waals surface area (Å²) in [5.74, 6) is -3.20. The molecular formula is C21H22F4N2O3. The van der Waals surface area contributed by atoms with Gasteiger partial charge in [0, 0.05) is 24.4 Å². The molecule has 2 aromatic rings. The number of carbonyl (C=O) groups excluding carboxylic acids is 1. The Kier molecular flexibility index (Phi) is 8.70. The summed E-state index contributed by atoms with van der Waals surface area (Å²) in [6.07, 6.45) is -0.295. The zero-order valence-corrected chi connectivity index (χ0v) is 16.6. The Bertz CT molecular complexity index is 886. The second-order valence-electron chi connectivity index (χ2n) is 7.37. The van der Waals surface area contributed by atoms with Gasteiger partial charge in [-0.2, -0.15) is 13.2 Å². The normalized spacial score (nSPS) is 11.6. The summed E-state index contributed by atoms with van der Waals surface area (Å²) in [5.41, 5.74) is 1.87. The van der Waals surface area contributed by atoms with Gasteiger partial charge in [-0.25, -0.2) is 9.18 Å². The van der Waals surface area contributed by atoms with Crippen LogP contribution in [0.15, 0.2) is 48.7 Å². The molecule has 1 aromatic carbocycles. The molecule has 1 heterocycles. The predicted molar refractivity (Wildman–Crippen MR) is 105 cm³/mol. The first-order valence-electron chi connectivity index (χ1n) is 8.76. The third-order valence-corrected chi connectivity index (χ3v) is 3.40. The van der Waals surface area contributed by atoms with Crippen LogP contribution in [0.25, 0.3) is 17.3 Å². The van der Waals surface area contributed by atoms with E-state index in [4.69, 9.17) is 9.90 Å². The van der Waals surface area contributed by atoms with E-state index < -0.39 is 12.1 Å². The highest BCUT2D eigenvalue weighted by Gasteiger charge is 2.38. The number of nitrogens with one attached hydrogen (secondary N) is 1. The Morgan fingerprint density at radius 3 is 2.17 bits per heavy atom. The average molecular weight is 426 g/mol. The number of carboxylic acids is 1. The van der Waals surface area contributed by atoms with E-state index in [1.807, 2.05) is 6.07 Å². The van der Waals surface area contributed by atoms with Crippen LogP contribution in [0.2, 0.25) is 0 Å². The van der Waals surface area contributed by atoms with Crippen LogP contribution < -0.4 is 5.32 Å². The Labute approximate surface area is 171 Å². The van der Waals surface area contributed by atoms with Crippen molar-refractivity contribution in [3.63, 3.8) is 0 Å². The van der Waals surface area contributed by atoms with E-state index in [1.54, 1.807) is 36.5 Å². The molecule has 0 aliphatic carbocycles. The number of pyridine rings is 1. The lowest BCUT2D eigenvalue weighted by Gasteiger charge is -2.17. The van der Waals surface area contributed by atoms with Crippen LogP contribution >= 0.6 is 0 Å². The van der Waals surface area contributed by atoms with Crippen LogP contribution in [0.3, 0.4) is 0 Å². The van der Waals surface area contributed by atoms with E-state index >= 15 is 0 Å². The number of aliphatic carboxylic acids is 1. The van der Waals surface area contributed by atoms with Gasteiger partial charge in [0.05, 0.1) is 5.69 Å². The van der Waals surface area contributed by atoms with Crippen molar-refractivity contribution in [1.29, 1.82) is 0 Å². The molecule has 1 aromatic heterocycles. The highest BCUT2D eigenvalue weighted by molar-refractivity contribution is 5.91. The van der Waals surface area contributed by atoms with Crippen LogP contribution in [0.5, 0.6) is 0 Å². The van der Waals surface area contributed by atoms with E-state index in [1.165, 1.54) is 12.1 Å². The molecule has 0 saturated heterocycles. The summed E-state index contributed by atoms with van der Waals surface area (Å²) in [4.78, 5) is 24.9. The minimum absolute atomic E-state index is 0.0481. The number of carboxylic acid groups (broad SMARTS) is 1. The summed E-state index contributed by atoms with van der Waals surface area (Å²) in [7, 11) is 0. The molecule has 5 nitrogen and oxygen atoms in total. The number of carbonyl (C=O) groups is 2. The van der Waals surface area contributed by atoms with E-state index in [9.17, 15) is 22.4 Å². The molecule has 2 rings (SSSR count). The Morgan fingerprint density at radius 2 is 1.70 bits per heavy atom. The largest absolute Gasteiger partial charge is 0.490 e. The lowest BCUT2D eigenvalue weighted by atomic mass is 9.97. The third-order valence-electron chi connectivity index (χ3n) is 3.40. The number of halogens is 4. The van der Waals surface area contributed by atoms with Gasteiger partial charge in [-0.05, 0) is 35.3 Å². The maximum atomic E-state index is 13.7. The van der Waals surface area contributed by atoms with Crippen LogP contribution in [0.4, 0.5) is 17.6 Å². The lowest BCUT2D eigenvalue weighted by molar-refractivity contribution is -0.192. The fourth-order valence-corrected chi connectivity index (χ4v) is 1.92. The number of alkyl halides is 3. The third kappa shape index (κ3) is 9.31. The van der Waals surface area contributed by atoms with Gasteiger partial charge in [-0.15, -0.1) is 0 Å². The molecule has 162 valence electrons. The number of amides is 1. The number of benzene rings is 1. The summed E-state index contributed by atoms with van der Waals surface area (Å²) >= 11 is 0. The maximum absolute atomic E-state index is 13.7. The topological polar surface area (TPSA) is 79.3 Å². The van der Waals surface area contributed by atoms with E-state index in [-0.39, 0.29) is 17.1 Å². The van der Waals surface area contributed by atoms with Gasteiger partial charge in [-0.1, -0.05) is 39.0 Å². The number of rotatable bonds is 4. The SMILES string of the molecule is CC(C)(C)CNC(=O)C=Cc1ccc(-c2ccccc2F)nc1.O=C(O)C(F)(F)F. The van der Waals surface area contributed by atoms with Crippen molar-refractivity contribution in [3.05, 3.63) is 60.1 Å². The van der Waals surface area contributed by atoms with Crippen molar-refractivity contribution in [1.82, 2.24) is 10.3 Å². The monoisotopic (exact) mass is 426 g/mol. The first kappa shape index (κ1) is 24.8. The molecule has 0 aliphatic rings. The first-order chi connectivity index (χ1) is 13.8. The highest BCUT2D eigenvalue weighted by atomic mass is 19.4. The van der Waals surface area contributed by atoms with Crippen LogP contribution in [0.1, 0.15) is 26.3 Å². The number of aromatic nitrogens is 1. The van der Waals surface area contributed by atoms with Gasteiger partial charge < -0.3 is 10.4 Å². The maximum Gasteiger partial charge on any atom is 0.490 e. The van der Waals surface area contributed by atoms with Crippen molar-refractivity contribution in [2.75, 3.05) is 6.54 Å². The number of hydrogen-bond acceptors (Lipinski definition) is 3. The van der Waals surface area contributed by atoms with Gasteiger partial charge >= 0.3 is 12.1 Å². The van der Waals surface area contributed by atoms with Crippen LogP contribution in [0, 0.1) is 11.2 Å². The van der Waals surface area contributed by atoms with Crippen molar-refractivity contribution >= 4 is 18.0 Å². The van der Waals surface area contributed by atoms with Gasteiger partial charge in [0.25, 0.3) is 0 Å². The smallest absolute Gasteiger partial charge is 0.475 e. The summed E-state index contributed by atoms with van der Waals surface area (Å²) in [5, 5.41) is 9.97. The molecule has 2 N–H and O–H groups in total. The number of nitrogens with zero attached hydrogens (tertiary/aromatic N) is 1. The summed E-state index contributed by atoms with van der Waals surface area (Å²) in [6, 6.07) is 10.1.